The van der Waals surface area contributed by atoms with Crippen LogP contribution >= 0.6 is 0 Å². The Labute approximate surface area is 98.5 Å². The zero-order valence-electron chi connectivity index (χ0n) is 5.26. The summed E-state index contributed by atoms with van der Waals surface area (Å²) in [6.07, 6.45) is 0. The van der Waals surface area contributed by atoms with E-state index in [4.69, 9.17) is 0 Å². The van der Waals surface area contributed by atoms with Crippen LogP contribution in [0.5, 0.6) is 0 Å². The monoisotopic (exact) mass is 205 g/mol. The first-order chi connectivity index (χ1) is 3.00. The maximum atomic E-state index is 2.00. The Hall–Kier alpha value is 1.23. The molecule has 0 aliphatic rings. The first kappa shape index (κ1) is 16.7. The molecule has 0 amide bonds. The summed E-state index contributed by atoms with van der Waals surface area (Å²) in [5.41, 5.74) is 0. The number of hydrogen-bond donors (Lipinski definition) is 0. The van der Waals surface area contributed by atoms with Gasteiger partial charge in [-0.25, -0.2) is 0 Å². The van der Waals surface area contributed by atoms with E-state index < -0.39 is 0 Å². The minimum Gasteiger partial charge on any atom is -1.00 e. The summed E-state index contributed by atoms with van der Waals surface area (Å²) < 4.78 is 0. The average Bonchev–Trinajstić information content (AvgIpc) is 1.72. The first-order valence-electron chi connectivity index (χ1n) is 2.00. The van der Waals surface area contributed by atoms with Gasteiger partial charge in [-0.3, -0.25) is 0 Å². The van der Waals surface area contributed by atoms with Crippen LogP contribution in [0.15, 0.2) is 36.4 Å². The molecule has 1 aromatic carbocycles. The van der Waals surface area contributed by atoms with Gasteiger partial charge in [0.1, 0.15) is 0 Å². The molecule has 3 heteroatoms. The van der Waals surface area contributed by atoms with Crippen LogP contribution in [0.4, 0.5) is 0 Å². The minimum atomic E-state index is 0. The molecule has 0 saturated heterocycles. The van der Waals surface area contributed by atoms with Crippen molar-refractivity contribution in [3.8, 4) is 0 Å². The second-order valence-electron chi connectivity index (χ2n) is 1.15. The number of hydrogen-bond acceptors (Lipinski definition) is 0. The van der Waals surface area contributed by atoms with Crippen LogP contribution in [0.3, 0.4) is 0 Å². The normalized spacial score (nSPS) is 5.33. The molecule has 0 radical (unpaired) electrons. The van der Waals surface area contributed by atoms with E-state index in [0.29, 0.717) is 0 Å². The van der Waals surface area contributed by atoms with Gasteiger partial charge in [-0.15, -0.1) is 0 Å². The number of rotatable bonds is 0. The molecular formula is C6H6BrMg2+3. The van der Waals surface area contributed by atoms with Crippen molar-refractivity contribution in [2.75, 3.05) is 0 Å². The van der Waals surface area contributed by atoms with Gasteiger partial charge in [0.25, 0.3) is 0 Å². The van der Waals surface area contributed by atoms with Crippen molar-refractivity contribution in [2.24, 2.45) is 0 Å². The van der Waals surface area contributed by atoms with E-state index in [0.717, 1.165) is 0 Å². The fourth-order valence-corrected chi connectivity index (χ4v) is 0.385. The molecular weight excluding hydrogens is 201 g/mol. The summed E-state index contributed by atoms with van der Waals surface area (Å²) in [6.45, 7) is 0. The van der Waals surface area contributed by atoms with Crippen LogP contribution < -0.4 is 17.0 Å². The van der Waals surface area contributed by atoms with Crippen LogP contribution in [-0.4, -0.2) is 46.1 Å². The van der Waals surface area contributed by atoms with Gasteiger partial charge >= 0.3 is 46.1 Å². The predicted octanol–water partition coefficient (Wildman–Crippen LogP) is -2.07. The van der Waals surface area contributed by atoms with Crippen molar-refractivity contribution in [1.82, 2.24) is 0 Å². The fourth-order valence-electron chi connectivity index (χ4n) is 0.385. The van der Waals surface area contributed by atoms with E-state index in [1.54, 1.807) is 0 Å². The summed E-state index contributed by atoms with van der Waals surface area (Å²) in [5.74, 6) is 0. The van der Waals surface area contributed by atoms with E-state index in [9.17, 15) is 0 Å². The Morgan fingerprint density at radius 3 is 0.667 bits per heavy atom. The van der Waals surface area contributed by atoms with Crippen molar-refractivity contribution >= 4 is 46.1 Å². The Kier molecular flexibility index (Phi) is 22.2. The Morgan fingerprint density at radius 2 is 0.556 bits per heavy atom. The maximum Gasteiger partial charge on any atom is 2.00 e. The third-order valence-corrected chi connectivity index (χ3v) is 0.667. The Morgan fingerprint density at radius 1 is 0.444 bits per heavy atom. The molecule has 0 heterocycles. The summed E-state index contributed by atoms with van der Waals surface area (Å²) in [6, 6.07) is 12.0. The zero-order chi connectivity index (χ0) is 4.24. The van der Waals surface area contributed by atoms with Crippen molar-refractivity contribution in [1.29, 1.82) is 0 Å². The zero-order valence-corrected chi connectivity index (χ0v) is 9.67. The van der Waals surface area contributed by atoms with E-state index in [-0.39, 0.29) is 63.1 Å². The van der Waals surface area contributed by atoms with E-state index in [1.165, 1.54) is 0 Å². The molecule has 0 bridgehead atoms. The average molecular weight is 207 g/mol. The van der Waals surface area contributed by atoms with Crippen molar-refractivity contribution in [2.45, 2.75) is 0 Å². The summed E-state index contributed by atoms with van der Waals surface area (Å²) in [5, 5.41) is 0. The van der Waals surface area contributed by atoms with E-state index in [2.05, 4.69) is 0 Å². The SMILES string of the molecule is [Br-].[Mg+2].[Mg+2].c1ccccc1. The maximum absolute atomic E-state index is 2.00. The minimum absolute atomic E-state index is 0. The molecule has 0 unspecified atom stereocenters. The molecule has 1 rings (SSSR count). The van der Waals surface area contributed by atoms with Crippen molar-refractivity contribution in [3.63, 3.8) is 0 Å². The molecule has 9 heavy (non-hydrogen) atoms. The Bertz CT molecular complexity index is 83.0. The van der Waals surface area contributed by atoms with Gasteiger partial charge in [-0.1, -0.05) is 36.4 Å². The van der Waals surface area contributed by atoms with Crippen molar-refractivity contribution < 1.29 is 17.0 Å². The van der Waals surface area contributed by atoms with Gasteiger partial charge in [0, 0.05) is 0 Å². The molecule has 0 fully saturated rings. The van der Waals surface area contributed by atoms with Crippen LogP contribution in [0.2, 0.25) is 0 Å². The fraction of sp³-hybridized carbons (Fsp3) is 0. The topological polar surface area (TPSA) is 0 Å². The molecule has 0 aliphatic heterocycles. The standard InChI is InChI=1S/C6H6.BrH.2Mg/c1-2-4-6-5-3-1;;;/h1-6H;1H;;/q;;2*+2/p-1. The third kappa shape index (κ3) is 9.23. The molecule has 0 saturated carbocycles. The summed E-state index contributed by atoms with van der Waals surface area (Å²) >= 11 is 0. The largest absolute Gasteiger partial charge is 2.00 e. The molecule has 0 aromatic heterocycles. The van der Waals surface area contributed by atoms with Crippen LogP contribution in [0.25, 0.3) is 0 Å². The smallest absolute Gasteiger partial charge is 1.00 e. The van der Waals surface area contributed by atoms with Crippen LogP contribution in [-0.2, 0) is 0 Å². The van der Waals surface area contributed by atoms with Crippen molar-refractivity contribution in [3.05, 3.63) is 36.4 Å². The van der Waals surface area contributed by atoms with Gasteiger partial charge in [-0.2, -0.15) is 0 Å². The summed E-state index contributed by atoms with van der Waals surface area (Å²) in [7, 11) is 0. The van der Waals surface area contributed by atoms with Gasteiger partial charge in [-0.05, 0) is 0 Å². The number of halogens is 1. The first-order valence-corrected chi connectivity index (χ1v) is 2.00. The Balaban J connectivity index is -0.000000120. The molecule has 1 aromatic rings. The second kappa shape index (κ2) is 12.0. The molecule has 0 aliphatic carbocycles. The van der Waals surface area contributed by atoms with Gasteiger partial charge < -0.3 is 17.0 Å². The molecule has 38 valence electrons. The molecule has 0 nitrogen and oxygen atoms in total. The van der Waals surface area contributed by atoms with E-state index >= 15 is 0 Å². The van der Waals surface area contributed by atoms with Gasteiger partial charge in [0.15, 0.2) is 0 Å². The predicted molar refractivity (Wildman–Crippen MR) is 38.0 cm³/mol. The van der Waals surface area contributed by atoms with Crippen LogP contribution in [0.1, 0.15) is 0 Å². The summed E-state index contributed by atoms with van der Waals surface area (Å²) in [4.78, 5) is 0. The van der Waals surface area contributed by atoms with E-state index in [1.807, 2.05) is 36.4 Å². The van der Waals surface area contributed by atoms with Gasteiger partial charge in [0.2, 0.25) is 0 Å². The molecule has 0 spiro atoms. The van der Waals surface area contributed by atoms with Crippen LogP contribution in [0, 0.1) is 0 Å². The quantitative estimate of drug-likeness (QED) is 0.428. The number of benzene rings is 1. The molecule has 0 N–H and O–H groups in total. The molecule has 0 atom stereocenters. The van der Waals surface area contributed by atoms with Gasteiger partial charge in [0.05, 0.1) is 0 Å². The second-order valence-corrected chi connectivity index (χ2v) is 1.15. The third-order valence-electron chi connectivity index (χ3n) is 0.667.